The summed E-state index contributed by atoms with van der Waals surface area (Å²) < 4.78 is 0. The maximum absolute atomic E-state index is 4.83. The highest BCUT2D eigenvalue weighted by atomic mass is 32.1. The average Bonchev–Trinajstić information content (AvgIpc) is 2.88. The molecule has 2 nitrogen and oxygen atoms in total. The lowest BCUT2D eigenvalue weighted by Crippen LogP contribution is -2.18. The van der Waals surface area contributed by atoms with Gasteiger partial charge in [-0.05, 0) is 31.9 Å². The van der Waals surface area contributed by atoms with E-state index in [2.05, 4.69) is 50.4 Å². The molecule has 0 bridgehead atoms. The highest BCUT2D eigenvalue weighted by Crippen LogP contribution is 2.28. The molecule has 0 aliphatic rings. The molecule has 1 heterocycles. The summed E-state index contributed by atoms with van der Waals surface area (Å²) in [4.78, 5) is 6.15. The maximum atomic E-state index is 4.83. The lowest BCUT2D eigenvalue weighted by atomic mass is 10.1. The summed E-state index contributed by atoms with van der Waals surface area (Å²) in [7, 11) is 0. The first-order chi connectivity index (χ1) is 10.2. The third-order valence-electron chi connectivity index (χ3n) is 3.70. The van der Waals surface area contributed by atoms with Gasteiger partial charge in [0.05, 0.1) is 10.7 Å². The van der Waals surface area contributed by atoms with Crippen LogP contribution >= 0.6 is 11.3 Å². The minimum atomic E-state index is 1.03. The number of aromatic nitrogens is 1. The number of aryl methyl sites for hydroxylation is 2. The van der Waals surface area contributed by atoms with Crippen LogP contribution in [-0.2, 0) is 12.8 Å². The van der Waals surface area contributed by atoms with Crippen LogP contribution in [0.15, 0.2) is 24.3 Å². The zero-order chi connectivity index (χ0) is 15.1. The van der Waals surface area contributed by atoms with E-state index in [9.17, 15) is 0 Å². The Balaban J connectivity index is 1.97. The van der Waals surface area contributed by atoms with Gasteiger partial charge in [0.15, 0.2) is 0 Å². The van der Waals surface area contributed by atoms with E-state index in [1.54, 1.807) is 0 Å². The quantitative estimate of drug-likeness (QED) is 0.720. The summed E-state index contributed by atoms with van der Waals surface area (Å²) in [5.41, 5.74) is 3.78. The number of hydrogen-bond acceptors (Lipinski definition) is 3. The van der Waals surface area contributed by atoms with Crippen molar-refractivity contribution in [1.29, 1.82) is 0 Å². The van der Waals surface area contributed by atoms with Gasteiger partial charge in [0, 0.05) is 23.4 Å². The Morgan fingerprint density at radius 2 is 1.86 bits per heavy atom. The third-order valence-corrected chi connectivity index (χ3v) is 4.73. The van der Waals surface area contributed by atoms with E-state index in [1.165, 1.54) is 33.9 Å². The van der Waals surface area contributed by atoms with Crippen molar-refractivity contribution in [3.8, 4) is 11.3 Å². The molecular formula is C18H26N2S. The lowest BCUT2D eigenvalue weighted by Gasteiger charge is -2.01. The second kappa shape index (κ2) is 8.30. The van der Waals surface area contributed by atoms with Crippen molar-refractivity contribution in [2.75, 3.05) is 13.1 Å². The summed E-state index contributed by atoms with van der Waals surface area (Å²) in [6.07, 6.45) is 4.63. The Labute approximate surface area is 132 Å². The van der Waals surface area contributed by atoms with Crippen LogP contribution in [0.3, 0.4) is 0 Å². The van der Waals surface area contributed by atoms with Crippen LogP contribution in [-0.4, -0.2) is 18.1 Å². The van der Waals surface area contributed by atoms with Crippen LogP contribution in [0.4, 0.5) is 0 Å². The van der Waals surface area contributed by atoms with Crippen molar-refractivity contribution in [1.82, 2.24) is 10.3 Å². The number of benzene rings is 1. The zero-order valence-corrected chi connectivity index (χ0v) is 14.2. The first-order valence-electron chi connectivity index (χ1n) is 8.01. The van der Waals surface area contributed by atoms with E-state index >= 15 is 0 Å². The molecule has 0 aliphatic carbocycles. The largest absolute Gasteiger partial charge is 0.316 e. The molecule has 2 rings (SSSR count). The van der Waals surface area contributed by atoms with Gasteiger partial charge >= 0.3 is 0 Å². The van der Waals surface area contributed by atoms with Gasteiger partial charge in [-0.3, -0.25) is 0 Å². The van der Waals surface area contributed by atoms with E-state index in [-0.39, 0.29) is 0 Å². The van der Waals surface area contributed by atoms with E-state index in [4.69, 9.17) is 4.98 Å². The average molecular weight is 302 g/mol. The summed E-state index contributed by atoms with van der Waals surface area (Å²) in [5.74, 6) is 0. The number of nitrogens with zero attached hydrogens (tertiary/aromatic N) is 1. The minimum absolute atomic E-state index is 1.03. The van der Waals surface area contributed by atoms with Crippen molar-refractivity contribution in [2.45, 2.75) is 46.5 Å². The number of thiazole rings is 1. The fourth-order valence-corrected chi connectivity index (χ4v) is 3.30. The van der Waals surface area contributed by atoms with Crippen LogP contribution in [0.2, 0.25) is 0 Å². The Morgan fingerprint density at radius 3 is 2.52 bits per heavy atom. The van der Waals surface area contributed by atoms with E-state index in [0.717, 1.165) is 31.6 Å². The summed E-state index contributed by atoms with van der Waals surface area (Å²) >= 11 is 1.83. The van der Waals surface area contributed by atoms with Gasteiger partial charge in [0.1, 0.15) is 0 Å². The predicted molar refractivity (Wildman–Crippen MR) is 93.1 cm³/mol. The van der Waals surface area contributed by atoms with Crippen LogP contribution in [0.5, 0.6) is 0 Å². The van der Waals surface area contributed by atoms with E-state index in [1.807, 2.05) is 11.3 Å². The number of nitrogens with one attached hydrogen (secondary N) is 1. The molecule has 1 aromatic heterocycles. The minimum Gasteiger partial charge on any atom is -0.316 e. The van der Waals surface area contributed by atoms with Gasteiger partial charge in [-0.15, -0.1) is 11.3 Å². The lowest BCUT2D eigenvalue weighted by molar-refractivity contribution is 0.639. The molecule has 1 N–H and O–H groups in total. The Hall–Kier alpha value is -1.19. The van der Waals surface area contributed by atoms with Crippen molar-refractivity contribution in [3.05, 3.63) is 39.7 Å². The molecule has 0 spiro atoms. The van der Waals surface area contributed by atoms with Crippen molar-refractivity contribution >= 4 is 11.3 Å². The smallest absolute Gasteiger partial charge is 0.0948 e. The molecular weight excluding hydrogens is 276 g/mol. The van der Waals surface area contributed by atoms with Gasteiger partial charge in [-0.2, -0.15) is 0 Å². The molecule has 3 heteroatoms. The summed E-state index contributed by atoms with van der Waals surface area (Å²) in [6.45, 7) is 8.73. The Kier molecular flexibility index (Phi) is 6.40. The molecule has 0 aliphatic heterocycles. The highest BCUT2D eigenvalue weighted by molar-refractivity contribution is 7.12. The molecule has 114 valence electrons. The van der Waals surface area contributed by atoms with Crippen LogP contribution in [0, 0.1) is 6.92 Å². The number of unbranched alkanes of at least 4 members (excludes halogenated alkanes) is 1. The molecule has 0 radical (unpaired) electrons. The SMILES string of the molecule is CCCCNCCc1nc(-c2ccc(CC)cc2)c(C)s1. The van der Waals surface area contributed by atoms with Gasteiger partial charge < -0.3 is 5.32 Å². The first kappa shape index (κ1) is 16.2. The topological polar surface area (TPSA) is 24.9 Å². The van der Waals surface area contributed by atoms with Gasteiger partial charge in [0.25, 0.3) is 0 Å². The summed E-state index contributed by atoms with van der Waals surface area (Å²) in [6, 6.07) is 8.81. The predicted octanol–water partition coefficient (Wildman–Crippen LogP) is 4.61. The number of rotatable bonds is 8. The Morgan fingerprint density at radius 1 is 1.10 bits per heavy atom. The van der Waals surface area contributed by atoms with Crippen molar-refractivity contribution in [2.24, 2.45) is 0 Å². The van der Waals surface area contributed by atoms with Gasteiger partial charge in [-0.1, -0.05) is 44.5 Å². The molecule has 2 aromatic rings. The summed E-state index contributed by atoms with van der Waals surface area (Å²) in [5, 5.41) is 4.73. The maximum Gasteiger partial charge on any atom is 0.0948 e. The van der Waals surface area contributed by atoms with Crippen LogP contribution < -0.4 is 5.32 Å². The molecule has 0 saturated carbocycles. The third kappa shape index (κ3) is 4.65. The molecule has 1 aromatic carbocycles. The standard InChI is InChI=1S/C18H26N2S/c1-4-6-12-19-13-11-17-20-18(14(3)21-17)16-9-7-15(5-2)8-10-16/h7-10,19H,4-6,11-13H2,1-3H3. The van der Waals surface area contributed by atoms with E-state index in [0.29, 0.717) is 0 Å². The molecule has 0 amide bonds. The molecule has 0 fully saturated rings. The van der Waals surface area contributed by atoms with Crippen molar-refractivity contribution in [3.63, 3.8) is 0 Å². The first-order valence-corrected chi connectivity index (χ1v) is 8.82. The second-order valence-electron chi connectivity index (χ2n) is 5.42. The van der Waals surface area contributed by atoms with Crippen molar-refractivity contribution < 1.29 is 0 Å². The fraction of sp³-hybridized carbons (Fsp3) is 0.500. The molecule has 0 atom stereocenters. The van der Waals surface area contributed by atoms with Crippen LogP contribution in [0.25, 0.3) is 11.3 Å². The second-order valence-corrected chi connectivity index (χ2v) is 6.70. The molecule has 21 heavy (non-hydrogen) atoms. The normalized spacial score (nSPS) is 11.0. The Bertz CT molecular complexity index is 543. The molecule has 0 saturated heterocycles. The fourth-order valence-electron chi connectivity index (χ4n) is 2.35. The van der Waals surface area contributed by atoms with Gasteiger partial charge in [-0.25, -0.2) is 4.98 Å². The van der Waals surface area contributed by atoms with Gasteiger partial charge in [0.2, 0.25) is 0 Å². The van der Waals surface area contributed by atoms with Crippen LogP contribution in [0.1, 0.15) is 42.1 Å². The zero-order valence-electron chi connectivity index (χ0n) is 13.4. The highest BCUT2D eigenvalue weighted by Gasteiger charge is 2.09. The number of hydrogen-bond donors (Lipinski definition) is 1. The molecule has 0 unspecified atom stereocenters. The van der Waals surface area contributed by atoms with E-state index < -0.39 is 0 Å². The monoisotopic (exact) mass is 302 g/mol.